The Kier molecular flexibility index (Phi) is 9.89. The molecule has 1 saturated heterocycles. The number of ether oxygens (including phenoxy) is 3. The van der Waals surface area contributed by atoms with Crippen molar-refractivity contribution >= 4 is 22.6 Å². The summed E-state index contributed by atoms with van der Waals surface area (Å²) in [4.78, 5) is 14.3. The maximum atomic E-state index is 12.0. The number of nitrogens with one attached hydrogen (secondary N) is 1. The van der Waals surface area contributed by atoms with Gasteiger partial charge in [0.2, 0.25) is 0 Å². The Hall–Kier alpha value is -4.01. The number of likely N-dealkylation sites (N-methyl/N-ethyl adjacent to an activating group) is 1. The number of benzene rings is 4. The second-order valence-electron chi connectivity index (χ2n) is 11.2. The number of carbonyl (C=O) groups excluding carboxylic acids is 1. The summed E-state index contributed by atoms with van der Waals surface area (Å²) in [7, 11) is 2.14. The molecule has 7 heteroatoms. The number of fused-ring (bicyclic) bond motifs is 1. The normalized spacial score (nSPS) is 21.0. The molecular formula is C36H40N2O5. The highest BCUT2D eigenvalue weighted by molar-refractivity contribution is 5.84. The number of aliphatic hydroxyl groups is 1. The first kappa shape index (κ1) is 30.4. The molecule has 0 saturated carbocycles. The zero-order valence-electron chi connectivity index (χ0n) is 25.0. The Bertz CT molecular complexity index is 1520. The van der Waals surface area contributed by atoms with E-state index in [9.17, 15) is 9.90 Å². The van der Waals surface area contributed by atoms with E-state index in [0.717, 1.165) is 16.7 Å². The van der Waals surface area contributed by atoms with Crippen LogP contribution in [0.2, 0.25) is 0 Å². The number of nitrogens with zero attached hydrogens (tertiary/aromatic N) is 1. The maximum absolute atomic E-state index is 12.0. The number of carbonyl (C=O) groups is 1. The van der Waals surface area contributed by atoms with Crippen LogP contribution in [0.25, 0.3) is 10.8 Å². The molecule has 43 heavy (non-hydrogen) atoms. The zero-order chi connectivity index (χ0) is 30.3. The molecule has 4 aromatic carbocycles. The summed E-state index contributed by atoms with van der Waals surface area (Å²) in [6.45, 7) is 8.79. The lowest BCUT2D eigenvalue weighted by atomic mass is 9.89. The molecule has 0 spiro atoms. The van der Waals surface area contributed by atoms with Gasteiger partial charge in [-0.15, -0.1) is 0 Å². The number of rotatable bonds is 10. The van der Waals surface area contributed by atoms with E-state index in [1.54, 1.807) is 0 Å². The van der Waals surface area contributed by atoms with E-state index in [0.29, 0.717) is 12.2 Å². The van der Waals surface area contributed by atoms with E-state index in [4.69, 9.17) is 14.2 Å². The fourth-order valence-corrected chi connectivity index (χ4v) is 5.50. The monoisotopic (exact) mass is 580 g/mol. The molecular weight excluding hydrogens is 540 g/mol. The molecule has 1 heterocycles. The molecule has 0 aromatic heterocycles. The molecule has 2 N–H and O–H groups in total. The summed E-state index contributed by atoms with van der Waals surface area (Å²) in [5.41, 5.74) is 4.61. The quantitative estimate of drug-likeness (QED) is 0.189. The van der Waals surface area contributed by atoms with E-state index in [-0.39, 0.29) is 37.4 Å². The van der Waals surface area contributed by atoms with Gasteiger partial charge in [-0.1, -0.05) is 92.4 Å². The topological polar surface area (TPSA) is 80.3 Å². The van der Waals surface area contributed by atoms with E-state index in [1.165, 1.54) is 22.4 Å². The second-order valence-corrected chi connectivity index (χ2v) is 11.2. The molecule has 0 unspecified atom stereocenters. The summed E-state index contributed by atoms with van der Waals surface area (Å²) in [5.74, 6) is 0.0584. The van der Waals surface area contributed by atoms with Gasteiger partial charge in [0.05, 0.1) is 18.8 Å². The lowest BCUT2D eigenvalue weighted by molar-refractivity contribution is -0.276. The summed E-state index contributed by atoms with van der Waals surface area (Å²) in [5, 5.41) is 14.7. The molecule has 1 fully saturated rings. The maximum Gasteiger partial charge on any atom is 0.411 e. The molecule has 0 bridgehead atoms. The highest BCUT2D eigenvalue weighted by Crippen LogP contribution is 2.42. The van der Waals surface area contributed by atoms with Crippen LogP contribution < -0.4 is 5.32 Å². The molecule has 1 aliphatic rings. The van der Waals surface area contributed by atoms with Crippen molar-refractivity contribution in [3.05, 3.63) is 126 Å². The first-order valence-electron chi connectivity index (χ1n) is 14.7. The molecule has 224 valence electrons. The lowest BCUT2D eigenvalue weighted by Crippen LogP contribution is -2.44. The highest BCUT2D eigenvalue weighted by Gasteiger charge is 2.39. The van der Waals surface area contributed by atoms with Crippen LogP contribution in [0, 0.1) is 5.92 Å². The van der Waals surface area contributed by atoms with Crippen LogP contribution in [-0.2, 0) is 20.8 Å². The molecule has 4 aromatic rings. The number of hydrogen-bond acceptors (Lipinski definition) is 6. The predicted molar refractivity (Wildman–Crippen MR) is 170 cm³/mol. The number of amides is 1. The molecule has 1 amide bonds. The van der Waals surface area contributed by atoms with Crippen molar-refractivity contribution in [1.82, 2.24) is 4.90 Å². The van der Waals surface area contributed by atoms with E-state index >= 15 is 0 Å². The van der Waals surface area contributed by atoms with Crippen LogP contribution in [0.5, 0.6) is 0 Å². The van der Waals surface area contributed by atoms with Gasteiger partial charge >= 0.3 is 6.09 Å². The van der Waals surface area contributed by atoms with Gasteiger partial charge in [0.1, 0.15) is 6.61 Å². The fourth-order valence-electron chi connectivity index (χ4n) is 5.50. The summed E-state index contributed by atoms with van der Waals surface area (Å²) in [6, 6.07) is 30.6. The summed E-state index contributed by atoms with van der Waals surface area (Å²) in [6.07, 6.45) is 0.0379. The van der Waals surface area contributed by atoms with Crippen molar-refractivity contribution in [3.63, 3.8) is 0 Å². The Balaban J connectivity index is 1.36. The van der Waals surface area contributed by atoms with Gasteiger partial charge in [0.15, 0.2) is 6.29 Å². The van der Waals surface area contributed by atoms with Crippen LogP contribution in [-0.4, -0.2) is 42.4 Å². The van der Waals surface area contributed by atoms with Gasteiger partial charge in [-0.25, -0.2) is 4.79 Å². The SMILES string of the molecule is C=CCOC(=O)Nc1ccc([C@H]2O[C@@H](CN(C)[C@H](C)c3ccc4ccccc4c3)[C@@H](C)[C@@H](c3ccc(CO)cc3)O2)cc1. The average Bonchev–Trinajstić information content (AvgIpc) is 3.04. The second kappa shape index (κ2) is 14.0. The first-order chi connectivity index (χ1) is 20.9. The molecule has 0 aliphatic carbocycles. The van der Waals surface area contributed by atoms with Crippen molar-refractivity contribution < 1.29 is 24.1 Å². The van der Waals surface area contributed by atoms with Crippen molar-refractivity contribution in [1.29, 1.82) is 0 Å². The molecule has 1 aliphatic heterocycles. The van der Waals surface area contributed by atoms with E-state index in [1.807, 2.05) is 48.5 Å². The average molecular weight is 581 g/mol. The molecule has 0 radical (unpaired) electrons. The van der Waals surface area contributed by atoms with Crippen LogP contribution in [0.1, 0.15) is 54.5 Å². The fraction of sp³-hybridized carbons (Fsp3) is 0.306. The van der Waals surface area contributed by atoms with Crippen molar-refractivity contribution in [2.45, 2.75) is 45.0 Å². The van der Waals surface area contributed by atoms with Gasteiger partial charge in [-0.05, 0) is 59.6 Å². The van der Waals surface area contributed by atoms with Crippen molar-refractivity contribution in [3.8, 4) is 0 Å². The Morgan fingerprint density at radius 3 is 2.40 bits per heavy atom. The first-order valence-corrected chi connectivity index (χ1v) is 14.7. The van der Waals surface area contributed by atoms with Gasteiger partial charge in [0.25, 0.3) is 0 Å². The van der Waals surface area contributed by atoms with E-state index in [2.05, 4.69) is 80.2 Å². The van der Waals surface area contributed by atoms with Crippen LogP contribution in [0.3, 0.4) is 0 Å². The molecule has 5 atom stereocenters. The third-order valence-electron chi connectivity index (χ3n) is 8.27. The summed E-state index contributed by atoms with van der Waals surface area (Å²) < 4.78 is 18.3. The largest absolute Gasteiger partial charge is 0.445 e. The minimum Gasteiger partial charge on any atom is -0.445 e. The van der Waals surface area contributed by atoms with E-state index < -0.39 is 12.4 Å². The minimum absolute atomic E-state index is 0.00527. The van der Waals surface area contributed by atoms with Crippen molar-refractivity contribution in [2.75, 3.05) is 25.5 Å². The van der Waals surface area contributed by atoms with Gasteiger partial charge in [0, 0.05) is 29.8 Å². The summed E-state index contributed by atoms with van der Waals surface area (Å²) >= 11 is 0. The highest BCUT2D eigenvalue weighted by atomic mass is 16.7. The number of aliphatic hydroxyl groups excluding tert-OH is 1. The van der Waals surface area contributed by atoms with Crippen LogP contribution >= 0.6 is 0 Å². The molecule has 5 rings (SSSR count). The Labute approximate surface area is 253 Å². The standard InChI is InChI=1S/C36H40N2O5/c1-5-20-41-36(40)37-32-18-16-29(17-19-32)35-42-33(24(2)34(43-35)28-12-10-26(23-39)11-13-28)22-38(4)25(3)30-15-14-27-8-6-7-9-31(27)21-30/h5-19,21,24-25,33-35,39H,1,20,22-23H2,2-4H3,(H,37,40)/t24-,25-,33+,34+,35+/m1/s1. The third kappa shape index (κ3) is 7.32. The third-order valence-corrected chi connectivity index (χ3v) is 8.27. The molecule has 7 nitrogen and oxygen atoms in total. The zero-order valence-corrected chi connectivity index (χ0v) is 25.0. The Morgan fingerprint density at radius 1 is 1.00 bits per heavy atom. The predicted octanol–water partition coefficient (Wildman–Crippen LogP) is 7.55. The number of anilines is 1. The Morgan fingerprint density at radius 2 is 1.70 bits per heavy atom. The van der Waals surface area contributed by atoms with Gasteiger partial charge < -0.3 is 19.3 Å². The van der Waals surface area contributed by atoms with Crippen LogP contribution in [0.4, 0.5) is 10.5 Å². The smallest absolute Gasteiger partial charge is 0.411 e. The minimum atomic E-state index is -0.602. The van der Waals surface area contributed by atoms with Crippen LogP contribution in [0.15, 0.2) is 104 Å². The number of hydrogen-bond donors (Lipinski definition) is 2. The van der Waals surface area contributed by atoms with Gasteiger partial charge in [-0.3, -0.25) is 10.2 Å². The lowest BCUT2D eigenvalue weighted by Gasteiger charge is -2.43. The van der Waals surface area contributed by atoms with Crippen molar-refractivity contribution in [2.24, 2.45) is 5.92 Å². The van der Waals surface area contributed by atoms with Gasteiger partial charge in [-0.2, -0.15) is 0 Å².